The average molecular weight is 326 g/mol. The minimum Gasteiger partial charge on any atom is -0.126 e. The molecule has 0 heterocycles. The standard InChI is InChI=1S/C15H30BrCl/c1-2-3-4-5-6-7-8-9-10-11-12-13-15(16)14-17/h15H,2-14H2,1H3. The van der Waals surface area contributed by atoms with E-state index in [4.69, 9.17) is 11.6 Å². The number of hydrogen-bond donors (Lipinski definition) is 0. The highest BCUT2D eigenvalue weighted by Gasteiger charge is 2.00. The van der Waals surface area contributed by atoms with E-state index in [1.54, 1.807) is 0 Å². The first kappa shape index (κ1) is 17.8. The van der Waals surface area contributed by atoms with Gasteiger partial charge in [0, 0.05) is 10.7 Å². The smallest absolute Gasteiger partial charge is 0.0349 e. The van der Waals surface area contributed by atoms with E-state index in [0.29, 0.717) is 4.83 Å². The third-order valence-electron chi connectivity index (χ3n) is 3.29. The largest absolute Gasteiger partial charge is 0.126 e. The third kappa shape index (κ3) is 14.7. The zero-order valence-electron chi connectivity index (χ0n) is 11.5. The number of alkyl halides is 2. The van der Waals surface area contributed by atoms with Gasteiger partial charge in [0.2, 0.25) is 0 Å². The fourth-order valence-corrected chi connectivity index (χ4v) is 2.59. The first-order chi connectivity index (χ1) is 8.31. The summed E-state index contributed by atoms with van der Waals surface area (Å²) in [7, 11) is 0. The predicted molar refractivity (Wildman–Crippen MR) is 84.5 cm³/mol. The van der Waals surface area contributed by atoms with Crippen LogP contribution in [-0.2, 0) is 0 Å². The van der Waals surface area contributed by atoms with Crippen LogP contribution in [0.1, 0.15) is 84.0 Å². The molecule has 0 aromatic carbocycles. The lowest BCUT2D eigenvalue weighted by molar-refractivity contribution is 0.544. The number of halogens is 2. The van der Waals surface area contributed by atoms with Gasteiger partial charge in [-0.25, -0.2) is 0 Å². The molecule has 0 aromatic rings. The molecule has 0 aliphatic heterocycles. The van der Waals surface area contributed by atoms with E-state index in [9.17, 15) is 0 Å². The molecule has 1 atom stereocenters. The number of rotatable bonds is 13. The molecule has 0 saturated carbocycles. The molecule has 0 nitrogen and oxygen atoms in total. The Morgan fingerprint density at radius 1 is 0.765 bits per heavy atom. The van der Waals surface area contributed by atoms with Crippen LogP contribution in [0, 0.1) is 0 Å². The van der Waals surface area contributed by atoms with Crippen LogP contribution in [0.15, 0.2) is 0 Å². The lowest BCUT2D eigenvalue weighted by Crippen LogP contribution is -1.98. The van der Waals surface area contributed by atoms with Gasteiger partial charge < -0.3 is 0 Å². The SMILES string of the molecule is CCCCCCCCCCCCCC(Br)CCl. The molecule has 0 aliphatic carbocycles. The van der Waals surface area contributed by atoms with Crippen LogP contribution in [0.4, 0.5) is 0 Å². The van der Waals surface area contributed by atoms with Crippen LogP contribution >= 0.6 is 27.5 Å². The Bertz CT molecular complexity index is 139. The van der Waals surface area contributed by atoms with Crippen molar-refractivity contribution in [3.05, 3.63) is 0 Å². The molecule has 0 saturated heterocycles. The lowest BCUT2D eigenvalue weighted by Gasteiger charge is -2.05. The van der Waals surface area contributed by atoms with Gasteiger partial charge in [-0.05, 0) is 6.42 Å². The van der Waals surface area contributed by atoms with Crippen LogP contribution in [0.25, 0.3) is 0 Å². The van der Waals surface area contributed by atoms with Crippen molar-refractivity contribution in [3.63, 3.8) is 0 Å². The van der Waals surface area contributed by atoms with Crippen LogP contribution in [0.2, 0.25) is 0 Å². The highest BCUT2D eigenvalue weighted by Crippen LogP contribution is 2.15. The Labute approximate surface area is 122 Å². The second-order valence-corrected chi connectivity index (χ2v) is 6.68. The summed E-state index contributed by atoms with van der Waals surface area (Å²) in [5.74, 6) is 0.748. The van der Waals surface area contributed by atoms with Crippen molar-refractivity contribution in [1.29, 1.82) is 0 Å². The minimum atomic E-state index is 0.530. The van der Waals surface area contributed by atoms with Crippen molar-refractivity contribution in [2.24, 2.45) is 0 Å². The first-order valence-corrected chi connectivity index (χ1v) is 8.96. The normalized spacial score (nSPS) is 12.9. The molecule has 0 radical (unpaired) electrons. The van der Waals surface area contributed by atoms with E-state index >= 15 is 0 Å². The van der Waals surface area contributed by atoms with Crippen molar-refractivity contribution in [1.82, 2.24) is 0 Å². The molecule has 0 bridgehead atoms. The van der Waals surface area contributed by atoms with E-state index < -0.39 is 0 Å². The van der Waals surface area contributed by atoms with Gasteiger partial charge in [0.1, 0.15) is 0 Å². The van der Waals surface area contributed by atoms with Crippen molar-refractivity contribution >= 4 is 27.5 Å². The molecular formula is C15H30BrCl. The minimum absolute atomic E-state index is 0.530. The summed E-state index contributed by atoms with van der Waals surface area (Å²) in [6.45, 7) is 2.28. The van der Waals surface area contributed by atoms with E-state index in [-0.39, 0.29) is 0 Å². The molecule has 0 aliphatic rings. The van der Waals surface area contributed by atoms with E-state index in [1.807, 2.05) is 0 Å². The molecule has 0 fully saturated rings. The Hall–Kier alpha value is 0.770. The maximum Gasteiger partial charge on any atom is 0.0349 e. The maximum atomic E-state index is 5.74. The van der Waals surface area contributed by atoms with E-state index in [1.165, 1.54) is 77.0 Å². The summed E-state index contributed by atoms with van der Waals surface area (Å²) in [5.41, 5.74) is 0. The van der Waals surface area contributed by atoms with Gasteiger partial charge in [-0.15, -0.1) is 11.6 Å². The van der Waals surface area contributed by atoms with E-state index in [0.717, 1.165) is 5.88 Å². The van der Waals surface area contributed by atoms with Crippen LogP contribution in [0.3, 0.4) is 0 Å². The number of unbranched alkanes of at least 4 members (excludes halogenated alkanes) is 10. The summed E-state index contributed by atoms with van der Waals surface area (Å²) in [6, 6.07) is 0. The fourth-order valence-electron chi connectivity index (χ4n) is 2.11. The Balaban J connectivity index is 2.94. The summed E-state index contributed by atoms with van der Waals surface area (Å²) in [5, 5.41) is 0. The molecule has 0 aromatic heterocycles. The lowest BCUT2D eigenvalue weighted by atomic mass is 10.0. The fraction of sp³-hybridized carbons (Fsp3) is 1.00. The van der Waals surface area contributed by atoms with E-state index in [2.05, 4.69) is 22.9 Å². The molecule has 104 valence electrons. The van der Waals surface area contributed by atoms with Crippen LogP contribution in [0.5, 0.6) is 0 Å². The van der Waals surface area contributed by atoms with Gasteiger partial charge in [-0.2, -0.15) is 0 Å². The highest BCUT2D eigenvalue weighted by atomic mass is 79.9. The number of hydrogen-bond acceptors (Lipinski definition) is 0. The molecule has 17 heavy (non-hydrogen) atoms. The zero-order valence-corrected chi connectivity index (χ0v) is 13.9. The van der Waals surface area contributed by atoms with Crippen LogP contribution < -0.4 is 0 Å². The zero-order chi connectivity index (χ0) is 12.8. The van der Waals surface area contributed by atoms with Crippen LogP contribution in [-0.4, -0.2) is 10.7 Å². The Kier molecular flexibility index (Phi) is 15.5. The first-order valence-electron chi connectivity index (χ1n) is 7.51. The summed E-state index contributed by atoms with van der Waals surface area (Å²) in [4.78, 5) is 0.530. The van der Waals surface area contributed by atoms with Gasteiger partial charge in [0.15, 0.2) is 0 Å². The monoisotopic (exact) mass is 324 g/mol. The second kappa shape index (κ2) is 14.8. The third-order valence-corrected chi connectivity index (χ3v) is 4.82. The van der Waals surface area contributed by atoms with Gasteiger partial charge in [0.25, 0.3) is 0 Å². The summed E-state index contributed by atoms with van der Waals surface area (Å²) >= 11 is 9.31. The van der Waals surface area contributed by atoms with Crippen molar-refractivity contribution in [2.45, 2.75) is 88.8 Å². The van der Waals surface area contributed by atoms with Gasteiger partial charge in [-0.1, -0.05) is 93.5 Å². The maximum absolute atomic E-state index is 5.74. The average Bonchev–Trinajstić information content (AvgIpc) is 2.35. The van der Waals surface area contributed by atoms with Crippen molar-refractivity contribution in [3.8, 4) is 0 Å². The van der Waals surface area contributed by atoms with Crippen molar-refractivity contribution in [2.75, 3.05) is 5.88 Å². The van der Waals surface area contributed by atoms with Gasteiger partial charge in [-0.3, -0.25) is 0 Å². The molecule has 0 spiro atoms. The highest BCUT2D eigenvalue weighted by molar-refractivity contribution is 9.09. The summed E-state index contributed by atoms with van der Waals surface area (Å²) < 4.78 is 0. The molecule has 0 rings (SSSR count). The van der Waals surface area contributed by atoms with Gasteiger partial charge >= 0.3 is 0 Å². The summed E-state index contributed by atoms with van der Waals surface area (Å²) in [6.07, 6.45) is 16.8. The Morgan fingerprint density at radius 2 is 1.18 bits per heavy atom. The molecule has 1 unspecified atom stereocenters. The predicted octanol–water partition coefficient (Wildman–Crippen LogP) is 6.69. The quantitative estimate of drug-likeness (QED) is 0.261. The van der Waals surface area contributed by atoms with Crippen molar-refractivity contribution < 1.29 is 0 Å². The Morgan fingerprint density at radius 3 is 1.59 bits per heavy atom. The van der Waals surface area contributed by atoms with Gasteiger partial charge in [0.05, 0.1) is 0 Å². The molecule has 2 heteroatoms. The second-order valence-electron chi connectivity index (χ2n) is 5.08. The topological polar surface area (TPSA) is 0 Å². The molecular weight excluding hydrogens is 296 g/mol. The molecule has 0 amide bonds. The molecule has 0 N–H and O–H groups in total.